The van der Waals surface area contributed by atoms with Crippen molar-refractivity contribution in [3.05, 3.63) is 59.1 Å². The van der Waals surface area contributed by atoms with E-state index in [-0.39, 0.29) is 23.5 Å². The highest BCUT2D eigenvalue weighted by atomic mass is 19.2. The molecular weight excluding hydrogens is 226 g/mol. The lowest BCUT2D eigenvalue weighted by molar-refractivity contribution is 0.0964. The normalized spacial score (nSPS) is 10.5. The molecule has 88 valence electrons. The summed E-state index contributed by atoms with van der Waals surface area (Å²) in [6, 6.07) is 6.94. The number of aryl methyl sites for hydroxylation is 1. The van der Waals surface area contributed by atoms with Crippen molar-refractivity contribution in [3.8, 4) is 0 Å². The summed E-state index contributed by atoms with van der Waals surface area (Å²) in [4.78, 5) is 11.7. The lowest BCUT2D eigenvalue weighted by Gasteiger charge is -2.01. The standard InChI is InChI=1S/C13H10F2O2/c1-8-5-6-12(17-8)11(16)7-9-3-2-4-10(14)13(9)15/h2-6H,7H2,1H3. The minimum Gasteiger partial charge on any atom is -0.458 e. The van der Waals surface area contributed by atoms with Gasteiger partial charge < -0.3 is 4.42 Å². The molecule has 0 N–H and O–H groups in total. The first-order chi connectivity index (χ1) is 8.08. The average molecular weight is 236 g/mol. The Morgan fingerprint density at radius 3 is 2.65 bits per heavy atom. The summed E-state index contributed by atoms with van der Waals surface area (Å²) in [5, 5.41) is 0. The van der Waals surface area contributed by atoms with Gasteiger partial charge in [0.05, 0.1) is 0 Å². The van der Waals surface area contributed by atoms with Gasteiger partial charge in [0.15, 0.2) is 17.4 Å². The lowest BCUT2D eigenvalue weighted by atomic mass is 10.1. The van der Waals surface area contributed by atoms with E-state index >= 15 is 0 Å². The number of benzene rings is 1. The molecule has 0 atom stereocenters. The molecule has 0 bridgehead atoms. The van der Waals surface area contributed by atoms with Crippen molar-refractivity contribution in [1.82, 2.24) is 0 Å². The molecular formula is C13H10F2O2. The summed E-state index contributed by atoms with van der Waals surface area (Å²) in [6.45, 7) is 1.71. The van der Waals surface area contributed by atoms with Crippen LogP contribution in [0.5, 0.6) is 0 Å². The molecule has 2 nitrogen and oxygen atoms in total. The minimum atomic E-state index is -0.982. The smallest absolute Gasteiger partial charge is 0.202 e. The van der Waals surface area contributed by atoms with Crippen molar-refractivity contribution in [2.45, 2.75) is 13.3 Å². The van der Waals surface area contributed by atoms with E-state index in [1.807, 2.05) is 0 Å². The highest BCUT2D eigenvalue weighted by Gasteiger charge is 2.15. The third kappa shape index (κ3) is 2.41. The topological polar surface area (TPSA) is 30.2 Å². The summed E-state index contributed by atoms with van der Waals surface area (Å²) in [5.74, 6) is -1.54. The minimum absolute atomic E-state index is 0.0315. The Balaban J connectivity index is 2.21. The predicted molar refractivity (Wildman–Crippen MR) is 57.8 cm³/mol. The number of carbonyl (C=O) groups is 1. The molecule has 0 spiro atoms. The number of ketones is 1. The van der Waals surface area contributed by atoms with Crippen LogP contribution >= 0.6 is 0 Å². The maximum absolute atomic E-state index is 13.3. The van der Waals surface area contributed by atoms with Crippen molar-refractivity contribution in [2.75, 3.05) is 0 Å². The fourth-order valence-corrected chi connectivity index (χ4v) is 1.53. The Kier molecular flexibility index (Phi) is 3.04. The zero-order chi connectivity index (χ0) is 12.4. The quantitative estimate of drug-likeness (QED) is 0.765. The molecule has 1 aromatic heterocycles. The molecule has 0 saturated carbocycles. The maximum atomic E-state index is 13.3. The van der Waals surface area contributed by atoms with Gasteiger partial charge in [-0.05, 0) is 30.7 Å². The van der Waals surface area contributed by atoms with E-state index in [0.717, 1.165) is 6.07 Å². The molecule has 2 rings (SSSR count). The van der Waals surface area contributed by atoms with Gasteiger partial charge in [-0.15, -0.1) is 0 Å². The van der Waals surface area contributed by atoms with Crippen molar-refractivity contribution in [1.29, 1.82) is 0 Å². The van der Waals surface area contributed by atoms with Crippen molar-refractivity contribution in [2.24, 2.45) is 0 Å². The Labute approximate surface area is 96.9 Å². The first kappa shape index (κ1) is 11.5. The Hall–Kier alpha value is -1.97. The number of Topliss-reactive ketones (excluding diaryl/α,β-unsaturated/α-hetero) is 1. The second kappa shape index (κ2) is 4.49. The number of hydrogen-bond acceptors (Lipinski definition) is 2. The first-order valence-corrected chi connectivity index (χ1v) is 5.10. The van der Waals surface area contributed by atoms with E-state index in [1.54, 1.807) is 13.0 Å². The molecule has 0 aliphatic heterocycles. The summed E-state index contributed by atoms with van der Waals surface area (Å²) in [6.07, 6.45) is -0.212. The zero-order valence-electron chi connectivity index (χ0n) is 9.17. The van der Waals surface area contributed by atoms with E-state index in [9.17, 15) is 13.6 Å². The second-order valence-electron chi connectivity index (χ2n) is 3.72. The van der Waals surface area contributed by atoms with Crippen LogP contribution in [0.4, 0.5) is 8.78 Å². The zero-order valence-corrected chi connectivity index (χ0v) is 9.17. The number of halogens is 2. The molecule has 0 aliphatic rings. The van der Waals surface area contributed by atoms with E-state index < -0.39 is 11.6 Å². The summed E-state index contributed by atoms with van der Waals surface area (Å²) >= 11 is 0. The molecule has 4 heteroatoms. The van der Waals surface area contributed by atoms with Gasteiger partial charge in [0, 0.05) is 6.42 Å². The second-order valence-corrected chi connectivity index (χ2v) is 3.72. The van der Waals surface area contributed by atoms with Gasteiger partial charge in [-0.2, -0.15) is 0 Å². The van der Waals surface area contributed by atoms with Crippen molar-refractivity contribution >= 4 is 5.78 Å². The van der Waals surface area contributed by atoms with Crippen molar-refractivity contribution < 1.29 is 18.0 Å². The van der Waals surface area contributed by atoms with E-state index in [1.165, 1.54) is 18.2 Å². The van der Waals surface area contributed by atoms with Crippen LogP contribution in [0.3, 0.4) is 0 Å². The fraction of sp³-hybridized carbons (Fsp3) is 0.154. The maximum Gasteiger partial charge on any atom is 0.202 e. The van der Waals surface area contributed by atoms with Gasteiger partial charge in [0.2, 0.25) is 5.78 Å². The number of rotatable bonds is 3. The monoisotopic (exact) mass is 236 g/mol. The molecule has 0 fully saturated rings. The SMILES string of the molecule is Cc1ccc(C(=O)Cc2cccc(F)c2F)o1. The Morgan fingerprint density at radius 2 is 2.00 bits per heavy atom. The van der Waals surface area contributed by atoms with Crippen LogP contribution in [0.25, 0.3) is 0 Å². The fourth-order valence-electron chi connectivity index (χ4n) is 1.53. The molecule has 2 aromatic rings. The number of furan rings is 1. The Bertz CT molecular complexity index is 558. The van der Waals surface area contributed by atoms with Gasteiger partial charge in [-0.25, -0.2) is 8.78 Å². The highest BCUT2D eigenvalue weighted by Crippen LogP contribution is 2.15. The average Bonchev–Trinajstić information content (AvgIpc) is 2.72. The van der Waals surface area contributed by atoms with Crippen LogP contribution in [-0.2, 0) is 6.42 Å². The third-order valence-electron chi connectivity index (χ3n) is 2.40. The van der Waals surface area contributed by atoms with Crippen LogP contribution in [0.1, 0.15) is 21.9 Å². The molecule has 17 heavy (non-hydrogen) atoms. The molecule has 0 saturated heterocycles. The molecule has 0 radical (unpaired) electrons. The summed E-state index contributed by atoms with van der Waals surface area (Å²) in [5.41, 5.74) is 0.0315. The molecule has 1 aromatic carbocycles. The summed E-state index contributed by atoms with van der Waals surface area (Å²) < 4.78 is 31.4. The predicted octanol–water partition coefficient (Wildman–Crippen LogP) is 3.29. The van der Waals surface area contributed by atoms with Gasteiger partial charge in [-0.3, -0.25) is 4.79 Å². The van der Waals surface area contributed by atoms with Gasteiger partial charge in [0.1, 0.15) is 5.76 Å². The van der Waals surface area contributed by atoms with Gasteiger partial charge in [0.25, 0.3) is 0 Å². The van der Waals surface area contributed by atoms with E-state index in [4.69, 9.17) is 4.42 Å². The molecule has 0 amide bonds. The molecule has 0 unspecified atom stereocenters. The van der Waals surface area contributed by atoms with E-state index in [0.29, 0.717) is 5.76 Å². The lowest BCUT2D eigenvalue weighted by Crippen LogP contribution is -2.05. The largest absolute Gasteiger partial charge is 0.458 e. The number of carbonyl (C=O) groups excluding carboxylic acids is 1. The third-order valence-corrected chi connectivity index (χ3v) is 2.40. The Morgan fingerprint density at radius 1 is 1.24 bits per heavy atom. The number of hydrogen-bond donors (Lipinski definition) is 0. The van der Waals surface area contributed by atoms with Crippen LogP contribution in [0.2, 0.25) is 0 Å². The van der Waals surface area contributed by atoms with Crippen molar-refractivity contribution in [3.63, 3.8) is 0 Å². The molecule has 1 heterocycles. The van der Waals surface area contributed by atoms with Gasteiger partial charge >= 0.3 is 0 Å². The van der Waals surface area contributed by atoms with Crippen LogP contribution in [0, 0.1) is 18.6 Å². The van der Waals surface area contributed by atoms with E-state index in [2.05, 4.69) is 0 Å². The highest BCUT2D eigenvalue weighted by molar-refractivity contribution is 5.95. The molecule has 0 aliphatic carbocycles. The van der Waals surface area contributed by atoms with Crippen LogP contribution in [-0.4, -0.2) is 5.78 Å². The van der Waals surface area contributed by atoms with Crippen LogP contribution in [0.15, 0.2) is 34.7 Å². The van der Waals surface area contributed by atoms with Gasteiger partial charge in [-0.1, -0.05) is 12.1 Å². The van der Waals surface area contributed by atoms with Crippen LogP contribution < -0.4 is 0 Å². The summed E-state index contributed by atoms with van der Waals surface area (Å²) in [7, 11) is 0. The first-order valence-electron chi connectivity index (χ1n) is 5.10.